The number of hydrogen-bond acceptors (Lipinski definition) is 6. The molecule has 0 bridgehead atoms. The molecule has 4 aromatic rings. The summed E-state index contributed by atoms with van der Waals surface area (Å²) in [6.07, 6.45) is 4.68. The lowest BCUT2D eigenvalue weighted by atomic mass is 10.1. The van der Waals surface area contributed by atoms with Crippen LogP contribution in [0.4, 0.5) is 5.69 Å². The van der Waals surface area contributed by atoms with Gasteiger partial charge in [-0.25, -0.2) is 9.67 Å². The SMILES string of the molecule is Cn1ccnc1C(=O)c1ccc(NC(=O)C(c2ccccc2)n2cnnn2)cc1. The van der Waals surface area contributed by atoms with Crippen molar-refractivity contribution in [3.63, 3.8) is 0 Å². The number of amides is 1. The van der Waals surface area contributed by atoms with Crippen LogP contribution in [-0.4, -0.2) is 41.4 Å². The predicted molar refractivity (Wildman–Crippen MR) is 104 cm³/mol. The number of rotatable bonds is 6. The molecule has 9 nitrogen and oxygen atoms in total. The Bertz CT molecular complexity index is 1120. The summed E-state index contributed by atoms with van der Waals surface area (Å²) >= 11 is 0. The Balaban J connectivity index is 1.54. The first kappa shape index (κ1) is 18.2. The normalized spacial score (nSPS) is 11.8. The maximum atomic E-state index is 13.0. The van der Waals surface area contributed by atoms with E-state index < -0.39 is 6.04 Å². The quantitative estimate of drug-likeness (QED) is 0.506. The van der Waals surface area contributed by atoms with Gasteiger partial charge in [0, 0.05) is 30.7 Å². The summed E-state index contributed by atoms with van der Waals surface area (Å²) in [5.74, 6) is -0.137. The fourth-order valence-electron chi connectivity index (χ4n) is 2.98. The number of carbonyl (C=O) groups is 2. The van der Waals surface area contributed by atoms with Gasteiger partial charge in [-0.15, -0.1) is 5.10 Å². The van der Waals surface area contributed by atoms with E-state index >= 15 is 0 Å². The molecule has 2 heterocycles. The first-order valence-electron chi connectivity index (χ1n) is 8.84. The summed E-state index contributed by atoms with van der Waals surface area (Å²) in [6, 6.07) is 15.2. The van der Waals surface area contributed by atoms with Crippen LogP contribution in [0.1, 0.15) is 27.8 Å². The molecule has 2 aromatic carbocycles. The monoisotopic (exact) mass is 387 g/mol. The highest BCUT2D eigenvalue weighted by atomic mass is 16.2. The van der Waals surface area contributed by atoms with Crippen LogP contribution in [0, 0.1) is 0 Å². The van der Waals surface area contributed by atoms with Crippen molar-refractivity contribution in [2.45, 2.75) is 6.04 Å². The largest absolute Gasteiger partial charge is 0.331 e. The number of ketones is 1. The number of imidazole rings is 1. The van der Waals surface area contributed by atoms with Crippen LogP contribution >= 0.6 is 0 Å². The smallest absolute Gasteiger partial charge is 0.253 e. The number of aromatic nitrogens is 6. The maximum Gasteiger partial charge on any atom is 0.253 e. The van der Waals surface area contributed by atoms with Crippen LogP contribution in [0.15, 0.2) is 73.3 Å². The molecule has 0 radical (unpaired) electrons. The number of hydrogen-bond donors (Lipinski definition) is 1. The van der Waals surface area contributed by atoms with Gasteiger partial charge < -0.3 is 9.88 Å². The number of benzene rings is 2. The van der Waals surface area contributed by atoms with Crippen LogP contribution < -0.4 is 5.32 Å². The zero-order chi connectivity index (χ0) is 20.2. The molecule has 0 spiro atoms. The molecule has 29 heavy (non-hydrogen) atoms. The third-order valence-corrected chi connectivity index (χ3v) is 4.43. The molecule has 1 N–H and O–H groups in total. The molecular weight excluding hydrogens is 370 g/mol. The molecule has 0 aliphatic carbocycles. The lowest BCUT2D eigenvalue weighted by Crippen LogP contribution is -2.27. The second kappa shape index (κ2) is 7.85. The molecule has 4 rings (SSSR count). The molecule has 144 valence electrons. The molecule has 0 fully saturated rings. The van der Waals surface area contributed by atoms with Crippen LogP contribution in [0.3, 0.4) is 0 Å². The molecule has 1 unspecified atom stereocenters. The Morgan fingerprint density at radius 1 is 1.03 bits per heavy atom. The van der Waals surface area contributed by atoms with E-state index in [0.717, 1.165) is 5.56 Å². The van der Waals surface area contributed by atoms with Gasteiger partial charge in [-0.1, -0.05) is 30.3 Å². The molecule has 1 amide bonds. The van der Waals surface area contributed by atoms with Gasteiger partial charge in [0.25, 0.3) is 5.91 Å². The van der Waals surface area contributed by atoms with E-state index in [4.69, 9.17) is 0 Å². The number of tetrazole rings is 1. The Hall–Kier alpha value is -4.14. The third kappa shape index (κ3) is 3.79. The van der Waals surface area contributed by atoms with Gasteiger partial charge in [-0.3, -0.25) is 9.59 Å². The lowest BCUT2D eigenvalue weighted by Gasteiger charge is -2.16. The summed E-state index contributed by atoms with van der Waals surface area (Å²) in [5.41, 5.74) is 1.79. The van der Waals surface area contributed by atoms with Gasteiger partial charge in [0.05, 0.1) is 0 Å². The first-order valence-corrected chi connectivity index (χ1v) is 8.84. The highest BCUT2D eigenvalue weighted by molar-refractivity contribution is 6.07. The van der Waals surface area contributed by atoms with E-state index in [0.29, 0.717) is 17.1 Å². The molecule has 0 aliphatic rings. The van der Waals surface area contributed by atoms with Crippen LogP contribution in [0.2, 0.25) is 0 Å². The van der Waals surface area contributed by atoms with E-state index in [1.165, 1.54) is 11.0 Å². The number of nitrogens with one attached hydrogen (secondary N) is 1. The van der Waals surface area contributed by atoms with Gasteiger partial charge >= 0.3 is 0 Å². The average molecular weight is 387 g/mol. The highest BCUT2D eigenvalue weighted by Gasteiger charge is 2.24. The molecule has 0 saturated heterocycles. The molecule has 9 heteroatoms. The average Bonchev–Trinajstić information content (AvgIpc) is 3.41. The molecule has 1 atom stereocenters. The summed E-state index contributed by atoms with van der Waals surface area (Å²) in [4.78, 5) is 29.5. The Morgan fingerprint density at radius 3 is 2.41 bits per heavy atom. The summed E-state index contributed by atoms with van der Waals surface area (Å²) in [7, 11) is 1.76. The van der Waals surface area contributed by atoms with Crippen molar-refractivity contribution in [3.8, 4) is 0 Å². The van der Waals surface area contributed by atoms with Gasteiger partial charge in [0.1, 0.15) is 6.33 Å². The maximum absolute atomic E-state index is 13.0. The predicted octanol–water partition coefficient (Wildman–Crippen LogP) is 1.87. The van der Waals surface area contributed by atoms with Crippen molar-refractivity contribution in [3.05, 3.63) is 90.3 Å². The Morgan fingerprint density at radius 2 is 1.79 bits per heavy atom. The van der Waals surface area contributed by atoms with Crippen molar-refractivity contribution >= 4 is 17.4 Å². The number of anilines is 1. The van der Waals surface area contributed by atoms with Gasteiger partial charge in [0.15, 0.2) is 11.9 Å². The number of nitrogens with zero attached hydrogens (tertiary/aromatic N) is 6. The molecule has 2 aromatic heterocycles. The van der Waals surface area contributed by atoms with Crippen molar-refractivity contribution in [2.75, 3.05) is 5.32 Å². The van der Waals surface area contributed by atoms with Gasteiger partial charge in [0.2, 0.25) is 5.78 Å². The summed E-state index contributed by atoms with van der Waals surface area (Å²) in [5, 5.41) is 14.0. The second-order valence-electron chi connectivity index (χ2n) is 6.36. The van der Waals surface area contributed by atoms with E-state index in [1.807, 2.05) is 30.3 Å². The van der Waals surface area contributed by atoms with Crippen molar-refractivity contribution in [1.29, 1.82) is 0 Å². The number of aryl methyl sites for hydroxylation is 1. The van der Waals surface area contributed by atoms with Gasteiger partial charge in [-0.05, 0) is 40.3 Å². The Labute approximate surface area is 166 Å². The van der Waals surface area contributed by atoms with Crippen LogP contribution in [0.25, 0.3) is 0 Å². The topological polar surface area (TPSA) is 108 Å². The molecular formula is C20H17N7O2. The van der Waals surface area contributed by atoms with E-state index in [-0.39, 0.29) is 11.7 Å². The minimum atomic E-state index is -0.722. The van der Waals surface area contributed by atoms with E-state index in [1.54, 1.807) is 48.3 Å². The molecule has 0 aliphatic heterocycles. The summed E-state index contributed by atoms with van der Waals surface area (Å²) in [6.45, 7) is 0. The zero-order valence-electron chi connectivity index (χ0n) is 15.5. The second-order valence-corrected chi connectivity index (χ2v) is 6.36. The first-order chi connectivity index (χ1) is 14.1. The minimum Gasteiger partial charge on any atom is -0.331 e. The standard InChI is InChI=1S/C20H17N7O2/c1-26-12-11-21-19(26)18(28)15-7-9-16(10-8-15)23-20(29)17(27-13-22-24-25-27)14-5-3-2-4-6-14/h2-13,17H,1H3,(H,23,29). The third-order valence-electron chi connectivity index (χ3n) is 4.43. The van der Waals surface area contributed by atoms with Crippen LogP contribution in [0.5, 0.6) is 0 Å². The van der Waals surface area contributed by atoms with Crippen molar-refractivity contribution < 1.29 is 9.59 Å². The Kier molecular flexibility index (Phi) is 4.93. The van der Waals surface area contributed by atoms with E-state index in [2.05, 4.69) is 25.8 Å². The minimum absolute atomic E-state index is 0.189. The lowest BCUT2D eigenvalue weighted by molar-refractivity contribution is -0.118. The highest BCUT2D eigenvalue weighted by Crippen LogP contribution is 2.20. The fourth-order valence-corrected chi connectivity index (χ4v) is 2.98. The fraction of sp³-hybridized carbons (Fsp3) is 0.100. The van der Waals surface area contributed by atoms with Gasteiger partial charge in [-0.2, -0.15) is 0 Å². The van der Waals surface area contributed by atoms with Crippen molar-refractivity contribution in [1.82, 2.24) is 29.8 Å². The van der Waals surface area contributed by atoms with Crippen LogP contribution in [-0.2, 0) is 11.8 Å². The molecule has 0 saturated carbocycles. The van der Waals surface area contributed by atoms with E-state index in [9.17, 15) is 9.59 Å². The summed E-state index contributed by atoms with van der Waals surface area (Å²) < 4.78 is 3.05. The van der Waals surface area contributed by atoms with Crippen molar-refractivity contribution in [2.24, 2.45) is 7.05 Å². The number of carbonyl (C=O) groups excluding carboxylic acids is 2. The zero-order valence-corrected chi connectivity index (χ0v) is 15.5.